The van der Waals surface area contributed by atoms with Gasteiger partial charge in [-0.3, -0.25) is 0 Å². The largest absolute Gasteiger partial charge is 0.465 e. The summed E-state index contributed by atoms with van der Waals surface area (Å²) in [4.78, 5) is 11.3. The Kier molecular flexibility index (Phi) is 5.21. The number of hydrogen-bond donors (Lipinski definition) is 3. The minimum atomic E-state index is -0.527. The van der Waals surface area contributed by atoms with Crippen molar-refractivity contribution in [2.45, 2.75) is 6.04 Å². The smallest absolute Gasteiger partial charge is 0.337 e. The van der Waals surface area contributed by atoms with E-state index in [0.717, 1.165) is 0 Å². The maximum absolute atomic E-state index is 11.3. The molecule has 0 aliphatic heterocycles. The number of carbonyl (C=O) groups excluding carboxylic acids is 1. The van der Waals surface area contributed by atoms with E-state index in [1.54, 1.807) is 6.07 Å². The van der Waals surface area contributed by atoms with Gasteiger partial charge in [0.05, 0.1) is 42.6 Å². The monoisotopic (exact) mass is 259 g/mol. The SMILES string of the molecule is COC(=O)c1ccc(Cl)c(NC(CO)CO)c1. The summed E-state index contributed by atoms with van der Waals surface area (Å²) in [6, 6.07) is 4.06. The Balaban J connectivity index is 2.94. The van der Waals surface area contributed by atoms with Gasteiger partial charge in [0.1, 0.15) is 0 Å². The standard InChI is InChI=1S/C11H14ClNO4/c1-17-11(16)7-2-3-9(12)10(4-7)13-8(5-14)6-15/h2-4,8,13-15H,5-6H2,1H3. The first-order chi connectivity index (χ1) is 8.12. The van der Waals surface area contributed by atoms with Gasteiger partial charge in [-0.1, -0.05) is 11.6 Å². The first kappa shape index (κ1) is 13.8. The topological polar surface area (TPSA) is 78.8 Å². The van der Waals surface area contributed by atoms with Crippen LogP contribution in [0.4, 0.5) is 5.69 Å². The van der Waals surface area contributed by atoms with Gasteiger partial charge in [0.2, 0.25) is 0 Å². The van der Waals surface area contributed by atoms with Crippen molar-refractivity contribution in [3.63, 3.8) is 0 Å². The van der Waals surface area contributed by atoms with Gasteiger partial charge >= 0.3 is 5.97 Å². The number of hydrogen-bond acceptors (Lipinski definition) is 5. The summed E-state index contributed by atoms with van der Waals surface area (Å²) >= 11 is 5.92. The molecule has 1 aromatic carbocycles. The fourth-order valence-corrected chi connectivity index (χ4v) is 1.42. The van der Waals surface area contributed by atoms with Crippen LogP contribution < -0.4 is 5.32 Å². The molecule has 17 heavy (non-hydrogen) atoms. The lowest BCUT2D eigenvalue weighted by Crippen LogP contribution is -2.27. The lowest BCUT2D eigenvalue weighted by atomic mass is 10.2. The Hall–Kier alpha value is -1.30. The highest BCUT2D eigenvalue weighted by atomic mass is 35.5. The number of aliphatic hydroxyl groups is 2. The maximum Gasteiger partial charge on any atom is 0.337 e. The molecule has 0 saturated carbocycles. The summed E-state index contributed by atoms with van der Waals surface area (Å²) in [6.07, 6.45) is 0. The molecule has 6 heteroatoms. The molecule has 0 radical (unpaired) electrons. The van der Waals surface area contributed by atoms with Crippen LogP contribution in [-0.4, -0.2) is 42.5 Å². The highest BCUT2D eigenvalue weighted by molar-refractivity contribution is 6.33. The maximum atomic E-state index is 11.3. The van der Waals surface area contributed by atoms with E-state index in [2.05, 4.69) is 10.1 Å². The van der Waals surface area contributed by atoms with Crippen LogP contribution in [0, 0.1) is 0 Å². The van der Waals surface area contributed by atoms with E-state index in [-0.39, 0.29) is 13.2 Å². The molecule has 0 bridgehead atoms. The number of esters is 1. The fourth-order valence-electron chi connectivity index (χ4n) is 1.25. The van der Waals surface area contributed by atoms with E-state index < -0.39 is 12.0 Å². The van der Waals surface area contributed by atoms with Crippen LogP contribution in [0.3, 0.4) is 0 Å². The Morgan fingerprint density at radius 2 is 2.12 bits per heavy atom. The van der Waals surface area contributed by atoms with Crippen LogP contribution in [0.15, 0.2) is 18.2 Å². The number of carbonyl (C=O) groups is 1. The second-order valence-electron chi connectivity index (χ2n) is 3.39. The van der Waals surface area contributed by atoms with E-state index in [9.17, 15) is 4.79 Å². The van der Waals surface area contributed by atoms with Crippen molar-refractivity contribution in [1.29, 1.82) is 0 Å². The van der Waals surface area contributed by atoms with E-state index in [4.69, 9.17) is 21.8 Å². The molecule has 0 saturated heterocycles. The molecule has 0 atom stereocenters. The van der Waals surface area contributed by atoms with Gasteiger partial charge in [0.25, 0.3) is 0 Å². The lowest BCUT2D eigenvalue weighted by Gasteiger charge is -2.16. The minimum absolute atomic E-state index is 0.241. The molecule has 0 fully saturated rings. The van der Waals surface area contributed by atoms with Crippen LogP contribution in [0.25, 0.3) is 0 Å². The summed E-state index contributed by atoms with van der Waals surface area (Å²) < 4.78 is 4.58. The number of aliphatic hydroxyl groups excluding tert-OH is 2. The van der Waals surface area contributed by atoms with E-state index in [1.807, 2.05) is 0 Å². The number of rotatable bonds is 5. The van der Waals surface area contributed by atoms with Crippen molar-refractivity contribution < 1.29 is 19.7 Å². The second kappa shape index (κ2) is 6.44. The van der Waals surface area contributed by atoms with Crippen LogP contribution in [0.5, 0.6) is 0 Å². The molecule has 0 unspecified atom stereocenters. The first-order valence-corrected chi connectivity index (χ1v) is 5.36. The van der Waals surface area contributed by atoms with Crippen molar-refractivity contribution >= 4 is 23.3 Å². The molecule has 5 nitrogen and oxygen atoms in total. The quantitative estimate of drug-likeness (QED) is 0.685. The number of halogens is 1. The van der Waals surface area contributed by atoms with Gasteiger partial charge in [-0.15, -0.1) is 0 Å². The Morgan fingerprint density at radius 3 is 2.65 bits per heavy atom. The normalized spacial score (nSPS) is 10.4. The molecule has 3 N–H and O–H groups in total. The molecule has 0 aliphatic carbocycles. The molecule has 0 spiro atoms. The van der Waals surface area contributed by atoms with Crippen molar-refractivity contribution in [1.82, 2.24) is 0 Å². The van der Waals surface area contributed by atoms with Gasteiger partial charge in [-0.25, -0.2) is 4.79 Å². The van der Waals surface area contributed by atoms with E-state index >= 15 is 0 Å². The molecule has 0 aromatic heterocycles. The summed E-state index contributed by atoms with van der Waals surface area (Å²) in [7, 11) is 1.29. The van der Waals surface area contributed by atoms with Crippen LogP contribution in [-0.2, 0) is 4.74 Å². The summed E-state index contributed by atoms with van der Waals surface area (Å²) in [5.41, 5.74) is 0.802. The predicted molar refractivity (Wildman–Crippen MR) is 64.4 cm³/mol. The zero-order chi connectivity index (χ0) is 12.8. The third kappa shape index (κ3) is 3.59. The predicted octanol–water partition coefficient (Wildman–Crippen LogP) is 0.892. The average molecular weight is 260 g/mol. The average Bonchev–Trinajstić information content (AvgIpc) is 2.36. The van der Waals surface area contributed by atoms with Crippen LogP contribution >= 0.6 is 11.6 Å². The summed E-state index contributed by atoms with van der Waals surface area (Å²) in [6.45, 7) is -0.482. The number of ether oxygens (including phenoxy) is 1. The molecule has 0 heterocycles. The third-order valence-electron chi connectivity index (χ3n) is 2.19. The highest BCUT2D eigenvalue weighted by Crippen LogP contribution is 2.24. The Labute approximate surface area is 104 Å². The number of methoxy groups -OCH3 is 1. The van der Waals surface area contributed by atoms with Gasteiger partial charge in [-0.2, -0.15) is 0 Å². The summed E-state index contributed by atoms with van der Waals surface area (Å²) in [5, 5.41) is 21.1. The van der Waals surface area contributed by atoms with Crippen molar-refractivity contribution in [3.05, 3.63) is 28.8 Å². The number of anilines is 1. The Bertz CT molecular complexity index is 393. The zero-order valence-electron chi connectivity index (χ0n) is 9.31. The molecule has 0 aliphatic rings. The lowest BCUT2D eigenvalue weighted by molar-refractivity contribution is 0.0601. The second-order valence-corrected chi connectivity index (χ2v) is 3.80. The fraction of sp³-hybridized carbons (Fsp3) is 0.364. The van der Waals surface area contributed by atoms with Crippen LogP contribution in [0.1, 0.15) is 10.4 Å². The zero-order valence-corrected chi connectivity index (χ0v) is 10.1. The van der Waals surface area contributed by atoms with E-state index in [1.165, 1.54) is 19.2 Å². The molecule has 1 aromatic rings. The number of benzene rings is 1. The van der Waals surface area contributed by atoms with Crippen molar-refractivity contribution in [2.24, 2.45) is 0 Å². The molecule has 94 valence electrons. The molecular weight excluding hydrogens is 246 g/mol. The minimum Gasteiger partial charge on any atom is -0.465 e. The third-order valence-corrected chi connectivity index (χ3v) is 2.52. The number of nitrogens with one attached hydrogen (secondary N) is 1. The summed E-state index contributed by atoms with van der Waals surface area (Å²) in [5.74, 6) is -0.478. The van der Waals surface area contributed by atoms with Gasteiger partial charge in [-0.05, 0) is 18.2 Å². The van der Waals surface area contributed by atoms with Crippen LogP contribution in [0.2, 0.25) is 5.02 Å². The van der Waals surface area contributed by atoms with E-state index in [0.29, 0.717) is 16.3 Å². The Morgan fingerprint density at radius 1 is 1.47 bits per heavy atom. The first-order valence-electron chi connectivity index (χ1n) is 4.98. The molecule has 0 amide bonds. The van der Waals surface area contributed by atoms with Crippen molar-refractivity contribution in [3.8, 4) is 0 Å². The highest BCUT2D eigenvalue weighted by Gasteiger charge is 2.12. The van der Waals surface area contributed by atoms with Gasteiger partial charge < -0.3 is 20.3 Å². The van der Waals surface area contributed by atoms with Gasteiger partial charge in [0.15, 0.2) is 0 Å². The van der Waals surface area contributed by atoms with Gasteiger partial charge in [0, 0.05) is 0 Å². The van der Waals surface area contributed by atoms with Crippen molar-refractivity contribution in [2.75, 3.05) is 25.6 Å². The molecular formula is C11H14ClNO4. The molecule has 1 rings (SSSR count).